The normalized spacial score (nSPS) is 21.9. The van der Waals surface area contributed by atoms with Gasteiger partial charge in [0.25, 0.3) is 5.91 Å². The summed E-state index contributed by atoms with van der Waals surface area (Å²) in [6.45, 7) is 0.673. The molecular formula is C15H17IN2O2. The molecule has 1 aliphatic heterocycles. The van der Waals surface area contributed by atoms with Crippen LogP contribution in [0.25, 0.3) is 0 Å². The molecule has 0 spiro atoms. The van der Waals surface area contributed by atoms with Crippen LogP contribution in [0.15, 0.2) is 24.3 Å². The van der Waals surface area contributed by atoms with Gasteiger partial charge in [0.1, 0.15) is 6.04 Å². The maximum Gasteiger partial charge on any atom is 0.255 e. The summed E-state index contributed by atoms with van der Waals surface area (Å²) in [5.74, 6) is -0.00673. The van der Waals surface area contributed by atoms with Crippen LogP contribution >= 0.6 is 22.6 Å². The molecule has 1 unspecified atom stereocenters. The molecule has 1 saturated carbocycles. The van der Waals surface area contributed by atoms with E-state index in [4.69, 9.17) is 0 Å². The summed E-state index contributed by atoms with van der Waals surface area (Å²) in [4.78, 5) is 26.6. The number of hydrogen-bond acceptors (Lipinski definition) is 2. The molecule has 2 fully saturated rings. The fourth-order valence-corrected chi connectivity index (χ4v) is 3.21. The summed E-state index contributed by atoms with van der Waals surface area (Å²) in [5, 5.41) is 3.01. The molecule has 1 N–H and O–H groups in total. The third-order valence-corrected chi connectivity index (χ3v) is 4.78. The highest BCUT2D eigenvalue weighted by molar-refractivity contribution is 14.1. The van der Waals surface area contributed by atoms with Crippen LogP contribution in [0, 0.1) is 3.57 Å². The van der Waals surface area contributed by atoms with Crippen LogP contribution in [-0.4, -0.2) is 35.3 Å². The molecular weight excluding hydrogens is 367 g/mol. The van der Waals surface area contributed by atoms with Gasteiger partial charge in [0.05, 0.1) is 5.56 Å². The predicted molar refractivity (Wildman–Crippen MR) is 84.4 cm³/mol. The van der Waals surface area contributed by atoms with Crippen molar-refractivity contribution in [2.75, 3.05) is 6.54 Å². The average Bonchev–Trinajstić information content (AvgIpc) is 3.11. The van der Waals surface area contributed by atoms with E-state index in [1.165, 1.54) is 0 Å². The van der Waals surface area contributed by atoms with Crippen molar-refractivity contribution < 1.29 is 9.59 Å². The van der Waals surface area contributed by atoms with E-state index in [0.29, 0.717) is 18.2 Å². The highest BCUT2D eigenvalue weighted by Gasteiger charge is 2.37. The van der Waals surface area contributed by atoms with Crippen molar-refractivity contribution in [3.05, 3.63) is 33.4 Å². The molecule has 1 atom stereocenters. The fourth-order valence-electron chi connectivity index (χ4n) is 2.60. The second kappa shape index (κ2) is 5.71. The molecule has 3 rings (SSSR count). The summed E-state index contributed by atoms with van der Waals surface area (Å²) in [7, 11) is 0. The lowest BCUT2D eigenvalue weighted by Crippen LogP contribution is -2.46. The van der Waals surface area contributed by atoms with E-state index in [0.717, 1.165) is 29.3 Å². The number of halogens is 1. The Balaban J connectivity index is 1.76. The standard InChI is InChI=1S/C15H17IN2O2/c16-12-5-2-1-4-11(12)15(20)18-9-3-6-13(18)14(19)17-10-7-8-10/h1-2,4-5,10,13H,3,6-9H2,(H,17,19). The average molecular weight is 384 g/mol. The van der Waals surface area contributed by atoms with Crippen molar-refractivity contribution in [1.29, 1.82) is 0 Å². The van der Waals surface area contributed by atoms with Crippen molar-refractivity contribution in [1.82, 2.24) is 10.2 Å². The Morgan fingerprint density at radius 2 is 1.95 bits per heavy atom. The quantitative estimate of drug-likeness (QED) is 0.813. The van der Waals surface area contributed by atoms with Crippen molar-refractivity contribution in [2.24, 2.45) is 0 Å². The molecule has 0 radical (unpaired) electrons. The second-order valence-electron chi connectivity index (χ2n) is 5.42. The Kier molecular flexibility index (Phi) is 3.96. The summed E-state index contributed by atoms with van der Waals surface area (Å²) in [6, 6.07) is 7.59. The first kappa shape index (κ1) is 13.9. The van der Waals surface area contributed by atoms with E-state index in [1.807, 2.05) is 24.3 Å². The van der Waals surface area contributed by atoms with Gasteiger partial charge in [0.15, 0.2) is 0 Å². The van der Waals surface area contributed by atoms with Gasteiger partial charge >= 0.3 is 0 Å². The zero-order chi connectivity index (χ0) is 14.1. The van der Waals surface area contributed by atoms with Crippen LogP contribution in [0.1, 0.15) is 36.0 Å². The van der Waals surface area contributed by atoms with E-state index < -0.39 is 0 Å². The maximum atomic E-state index is 12.6. The lowest BCUT2D eigenvalue weighted by atomic mass is 10.1. The summed E-state index contributed by atoms with van der Waals surface area (Å²) < 4.78 is 0.934. The second-order valence-corrected chi connectivity index (χ2v) is 6.58. The van der Waals surface area contributed by atoms with Crippen molar-refractivity contribution >= 4 is 34.4 Å². The van der Waals surface area contributed by atoms with Gasteiger partial charge in [-0.1, -0.05) is 12.1 Å². The number of benzene rings is 1. The molecule has 1 aliphatic carbocycles. The number of nitrogens with one attached hydrogen (secondary N) is 1. The summed E-state index contributed by atoms with van der Waals surface area (Å²) in [5.41, 5.74) is 0.694. The van der Waals surface area contributed by atoms with Gasteiger partial charge in [0, 0.05) is 16.2 Å². The van der Waals surface area contributed by atoms with Crippen LogP contribution in [0.3, 0.4) is 0 Å². The van der Waals surface area contributed by atoms with Gasteiger partial charge in [-0.15, -0.1) is 0 Å². The van der Waals surface area contributed by atoms with Crippen molar-refractivity contribution in [2.45, 2.75) is 37.8 Å². The third kappa shape index (κ3) is 2.82. The van der Waals surface area contributed by atoms with Gasteiger partial charge in [-0.05, 0) is 60.4 Å². The van der Waals surface area contributed by atoms with Gasteiger partial charge in [0.2, 0.25) is 5.91 Å². The SMILES string of the molecule is O=C(NC1CC1)C1CCCN1C(=O)c1ccccc1I. The smallest absolute Gasteiger partial charge is 0.255 e. The highest BCUT2D eigenvalue weighted by Crippen LogP contribution is 2.24. The van der Waals surface area contributed by atoms with Crippen LogP contribution in [0.2, 0.25) is 0 Å². The maximum absolute atomic E-state index is 12.6. The number of amides is 2. The molecule has 106 valence electrons. The van der Waals surface area contributed by atoms with E-state index in [1.54, 1.807) is 4.90 Å². The minimum absolute atomic E-state index is 0.0179. The first-order valence-corrected chi connectivity index (χ1v) is 8.10. The molecule has 0 aromatic heterocycles. The minimum Gasteiger partial charge on any atom is -0.352 e. The number of rotatable bonds is 3. The van der Waals surface area contributed by atoms with Crippen LogP contribution in [0.4, 0.5) is 0 Å². The Morgan fingerprint density at radius 1 is 1.20 bits per heavy atom. The first-order valence-electron chi connectivity index (χ1n) is 7.02. The first-order chi connectivity index (χ1) is 9.66. The molecule has 5 heteroatoms. The number of carbonyl (C=O) groups is 2. The highest BCUT2D eigenvalue weighted by atomic mass is 127. The lowest BCUT2D eigenvalue weighted by molar-refractivity contribution is -0.125. The lowest BCUT2D eigenvalue weighted by Gasteiger charge is -2.24. The number of hydrogen-bond donors (Lipinski definition) is 1. The molecule has 1 aromatic rings. The monoisotopic (exact) mass is 384 g/mol. The summed E-state index contributed by atoms with van der Waals surface area (Å²) >= 11 is 2.17. The van der Waals surface area contributed by atoms with Crippen LogP contribution in [-0.2, 0) is 4.79 Å². The molecule has 2 aliphatic rings. The number of nitrogens with zero attached hydrogens (tertiary/aromatic N) is 1. The Morgan fingerprint density at radius 3 is 2.65 bits per heavy atom. The summed E-state index contributed by atoms with van der Waals surface area (Å²) in [6.07, 6.45) is 3.82. The molecule has 1 aromatic carbocycles. The van der Waals surface area contributed by atoms with Crippen LogP contribution < -0.4 is 5.32 Å². The Hall–Kier alpha value is -1.11. The third-order valence-electron chi connectivity index (χ3n) is 3.84. The number of carbonyl (C=O) groups excluding carboxylic acids is 2. The van der Waals surface area contributed by atoms with E-state index in [9.17, 15) is 9.59 Å². The van der Waals surface area contributed by atoms with Crippen molar-refractivity contribution in [3.63, 3.8) is 0 Å². The zero-order valence-electron chi connectivity index (χ0n) is 11.1. The molecule has 1 saturated heterocycles. The van der Waals surface area contributed by atoms with Crippen LogP contribution in [0.5, 0.6) is 0 Å². The van der Waals surface area contributed by atoms with E-state index >= 15 is 0 Å². The minimum atomic E-state index is -0.292. The molecule has 4 nitrogen and oxygen atoms in total. The molecule has 20 heavy (non-hydrogen) atoms. The Labute approximate surface area is 132 Å². The fraction of sp³-hybridized carbons (Fsp3) is 0.467. The Bertz CT molecular complexity index is 542. The topological polar surface area (TPSA) is 49.4 Å². The van der Waals surface area contributed by atoms with Crippen molar-refractivity contribution in [3.8, 4) is 0 Å². The van der Waals surface area contributed by atoms with E-state index in [2.05, 4.69) is 27.9 Å². The molecule has 1 heterocycles. The molecule has 0 bridgehead atoms. The van der Waals surface area contributed by atoms with E-state index in [-0.39, 0.29) is 17.9 Å². The van der Waals surface area contributed by atoms with Gasteiger partial charge < -0.3 is 10.2 Å². The largest absolute Gasteiger partial charge is 0.352 e. The zero-order valence-corrected chi connectivity index (χ0v) is 13.3. The molecule has 2 amide bonds. The van der Waals surface area contributed by atoms with Gasteiger partial charge in [-0.3, -0.25) is 9.59 Å². The van der Waals surface area contributed by atoms with Gasteiger partial charge in [-0.25, -0.2) is 0 Å². The van der Waals surface area contributed by atoms with Gasteiger partial charge in [-0.2, -0.15) is 0 Å². The number of likely N-dealkylation sites (tertiary alicyclic amines) is 1. The predicted octanol–water partition coefficient (Wildman–Crippen LogP) is 2.17.